The molecule has 0 spiro atoms. The number of ketones is 2. The number of carbonyl (C=O) groups excluding carboxylic acids is 4. The first-order chi connectivity index (χ1) is 60.2. The number of carbonyl (C=O) groups is 5. The van der Waals surface area contributed by atoms with Gasteiger partial charge in [-0.05, 0) is 31.1 Å². The number of aliphatic hydroxyl groups is 9. The first-order valence-electron chi connectivity index (χ1n) is 41.3. The highest BCUT2D eigenvalue weighted by Crippen LogP contribution is 2.42. The first-order valence-corrected chi connectivity index (χ1v) is 45.9. The summed E-state index contributed by atoms with van der Waals surface area (Å²) in [5.41, 5.74) is -1.03. The molecular formula is C72H135N2O49P3. The normalized spacial score (nSPS) is 23.6. The predicted octanol–water partition coefficient (Wildman–Crippen LogP) is -6.21. The van der Waals surface area contributed by atoms with E-state index >= 15 is 0 Å². The third-order valence-corrected chi connectivity index (χ3v) is 19.8. The Kier molecular flexibility index (Phi) is 65.5. The summed E-state index contributed by atoms with van der Waals surface area (Å²) in [5, 5.41) is 106. The number of carboxylic acid groups (broad SMARTS) is 1. The van der Waals surface area contributed by atoms with Crippen molar-refractivity contribution in [2.45, 2.75) is 163 Å². The summed E-state index contributed by atoms with van der Waals surface area (Å²) in [6.45, 7) is 2.62. The first kappa shape index (κ1) is 117. The van der Waals surface area contributed by atoms with E-state index in [9.17, 15) is 83.6 Å². The molecule has 0 bridgehead atoms. The van der Waals surface area contributed by atoms with Crippen LogP contribution >= 0.6 is 23.5 Å². The molecule has 3 aliphatic rings. The van der Waals surface area contributed by atoms with Crippen molar-refractivity contribution in [2.75, 3.05) is 264 Å². The van der Waals surface area contributed by atoms with Crippen LogP contribution in [0.1, 0.15) is 70.6 Å². The maximum atomic E-state index is 14.0. The quantitative estimate of drug-likeness (QED) is 0.0199. The fraction of sp³-hybridized carbons (Fsp3) is 0.931. The molecule has 15 atom stereocenters. The molecule has 3 aliphatic heterocycles. The van der Waals surface area contributed by atoms with Crippen molar-refractivity contribution in [1.29, 1.82) is 0 Å². The Morgan fingerprint density at radius 2 is 0.524 bits per heavy atom. The van der Waals surface area contributed by atoms with Gasteiger partial charge in [0.15, 0.2) is 18.9 Å². The lowest BCUT2D eigenvalue weighted by Crippen LogP contribution is -2.59. The Labute approximate surface area is 729 Å². The number of hydrogen-bond acceptors (Lipinski definition) is 42. The highest BCUT2D eigenvalue weighted by Gasteiger charge is 2.48. The van der Waals surface area contributed by atoms with Crippen LogP contribution in [0.4, 0.5) is 0 Å². The average Bonchev–Trinajstić information content (AvgIpc) is 0.824. The lowest BCUT2D eigenvalue weighted by atomic mass is 9.71. The Balaban J connectivity index is 1.48. The summed E-state index contributed by atoms with van der Waals surface area (Å²) in [4.78, 5) is 119. The van der Waals surface area contributed by atoms with Gasteiger partial charge >= 0.3 is 29.4 Å². The Morgan fingerprint density at radius 1 is 0.278 bits per heavy atom. The van der Waals surface area contributed by atoms with Gasteiger partial charge in [0, 0.05) is 58.2 Å². The number of phosphoric ester groups is 3. The summed E-state index contributed by atoms with van der Waals surface area (Å²) >= 11 is 0. The van der Waals surface area contributed by atoms with Gasteiger partial charge in [0.25, 0.3) is 0 Å². The molecule has 742 valence electrons. The SMILES string of the molecule is O=C(O)CCOCCOCCOCCOCCC(=O)CC(CCC(=O)CCCOCCOCCOCCOCCOC1OC(COP(=O)(O)O)C(O)C(O)C1O)(CCC(=O)NCCOCCOCCOCCOCCOC1OC(COP(=O)(O)O)C(O)C(O)C1O)CCC(=O)NCCOCCOCCOCCOCCOC1OC(COP(=O)(O)O)C(O)C(O)C1O. The van der Waals surface area contributed by atoms with Crippen LogP contribution in [0.3, 0.4) is 0 Å². The molecule has 18 N–H and O–H groups in total. The minimum atomic E-state index is -4.92. The van der Waals surface area contributed by atoms with Crippen LogP contribution in [0.5, 0.6) is 0 Å². The highest BCUT2D eigenvalue weighted by atomic mass is 31.2. The molecule has 54 heteroatoms. The van der Waals surface area contributed by atoms with Crippen LogP contribution in [-0.4, -0.2) is 466 Å². The topological polar surface area (TPSA) is 715 Å². The van der Waals surface area contributed by atoms with Gasteiger partial charge in [-0.3, -0.25) is 37.5 Å². The van der Waals surface area contributed by atoms with Crippen LogP contribution in [0.2, 0.25) is 0 Å². The summed E-state index contributed by atoms with van der Waals surface area (Å²) in [6, 6.07) is 0. The number of rotatable bonds is 84. The Morgan fingerprint density at radius 3 is 0.802 bits per heavy atom. The lowest BCUT2D eigenvalue weighted by molar-refractivity contribution is -0.301. The van der Waals surface area contributed by atoms with Gasteiger partial charge in [-0.1, -0.05) is 0 Å². The van der Waals surface area contributed by atoms with Crippen molar-refractivity contribution in [3.63, 3.8) is 0 Å². The van der Waals surface area contributed by atoms with Crippen LogP contribution in [-0.2, 0) is 155 Å². The van der Waals surface area contributed by atoms with Gasteiger partial charge < -0.3 is 195 Å². The number of amides is 2. The minimum Gasteiger partial charge on any atom is -0.481 e. The van der Waals surface area contributed by atoms with Gasteiger partial charge in [-0.2, -0.15) is 0 Å². The molecule has 51 nitrogen and oxygen atoms in total. The molecule has 2 amide bonds. The summed E-state index contributed by atoms with van der Waals surface area (Å²) < 4.78 is 167. The second kappa shape index (κ2) is 70.5. The number of phosphoric acid groups is 3. The van der Waals surface area contributed by atoms with Gasteiger partial charge in [0.2, 0.25) is 11.8 Å². The zero-order valence-electron chi connectivity index (χ0n) is 70.7. The zero-order chi connectivity index (χ0) is 92.7. The predicted molar refractivity (Wildman–Crippen MR) is 422 cm³/mol. The smallest absolute Gasteiger partial charge is 0.469 e. The Bertz CT molecular complexity index is 2700. The molecule has 0 radical (unpaired) electrons. The van der Waals surface area contributed by atoms with E-state index in [1.165, 1.54) is 0 Å². The largest absolute Gasteiger partial charge is 0.481 e. The fourth-order valence-electron chi connectivity index (χ4n) is 11.7. The number of nitrogens with one attached hydrogen (secondary N) is 2. The van der Waals surface area contributed by atoms with E-state index in [2.05, 4.69) is 24.2 Å². The number of aliphatic carboxylic acids is 1. The van der Waals surface area contributed by atoms with Gasteiger partial charge in [0.1, 0.15) is 84.8 Å². The fourth-order valence-corrected chi connectivity index (χ4v) is 12.7. The third kappa shape index (κ3) is 58.8. The number of carboxylic acids is 1. The molecule has 0 aromatic rings. The maximum absolute atomic E-state index is 14.0. The van der Waals surface area contributed by atoms with Crippen molar-refractivity contribution in [1.82, 2.24) is 10.6 Å². The molecule has 3 saturated heterocycles. The average molecular weight is 1910 g/mol. The molecule has 0 saturated carbocycles. The molecule has 0 aliphatic carbocycles. The number of aliphatic hydroxyl groups excluding tert-OH is 9. The lowest BCUT2D eigenvalue weighted by Gasteiger charge is -2.40. The van der Waals surface area contributed by atoms with Crippen molar-refractivity contribution in [3.8, 4) is 0 Å². The van der Waals surface area contributed by atoms with E-state index in [1.807, 2.05) is 0 Å². The molecule has 0 aromatic carbocycles. The third-order valence-electron chi connectivity index (χ3n) is 18.4. The second-order valence-electron chi connectivity index (χ2n) is 28.3. The molecule has 3 rings (SSSR count). The van der Waals surface area contributed by atoms with E-state index in [0.29, 0.717) is 6.42 Å². The van der Waals surface area contributed by atoms with Gasteiger partial charge in [-0.25, -0.2) is 13.7 Å². The van der Waals surface area contributed by atoms with Crippen LogP contribution in [0.15, 0.2) is 0 Å². The number of ether oxygens (including phenoxy) is 22. The summed E-state index contributed by atoms with van der Waals surface area (Å²) in [6.07, 6.45) is -23.6. The molecule has 126 heavy (non-hydrogen) atoms. The van der Waals surface area contributed by atoms with Crippen molar-refractivity contribution >= 4 is 52.8 Å². The monoisotopic (exact) mass is 1900 g/mol. The summed E-state index contributed by atoms with van der Waals surface area (Å²) in [5.74, 6) is -2.10. The molecule has 15 unspecified atom stereocenters. The van der Waals surface area contributed by atoms with Gasteiger partial charge in [-0.15, -0.1) is 0 Å². The van der Waals surface area contributed by atoms with E-state index in [0.717, 1.165) is 0 Å². The maximum Gasteiger partial charge on any atom is 0.469 e. The molecule has 0 aromatic heterocycles. The highest BCUT2D eigenvalue weighted by molar-refractivity contribution is 7.46. The summed E-state index contributed by atoms with van der Waals surface area (Å²) in [7, 11) is -14.8. The van der Waals surface area contributed by atoms with E-state index < -0.39 is 147 Å². The van der Waals surface area contributed by atoms with Crippen LogP contribution in [0, 0.1) is 5.41 Å². The number of hydrogen-bond donors (Lipinski definition) is 18. The van der Waals surface area contributed by atoms with Crippen molar-refractivity contribution in [3.05, 3.63) is 0 Å². The van der Waals surface area contributed by atoms with Crippen LogP contribution in [0.25, 0.3) is 0 Å². The molecule has 3 heterocycles. The van der Waals surface area contributed by atoms with Crippen molar-refractivity contribution < 1.29 is 236 Å². The molecule has 3 fully saturated rings. The standard InChI is InChI=1S/C72H135N2O49P3/c75-52(2-1-13-99-18-23-104-28-33-109-36-39-112-42-45-115-69-66(87)63(84)60(81)54(121-69)49-118-124(90,91)92)3-8-72(48-53(76)6-14-100-19-24-105-29-30-106-25-20-101-15-7-59(79)80,9-4-57(77)73-11-16-102-21-26-107-31-34-110-37-40-113-43-46-116-70-67(88)64(85)61(82)55(122-70)50-119-125(93,94)95)10-5-58(78)74-12-17-103-22-27-108-32-35-111-38-41-114-44-47-117-71-68(89)65(86)62(83)56(123-71)51-120-126(96,97)98/h54-56,60-71,81-89H,1-51H2,(H,73,77)(H,74,78)(H,79,80)(H2,90,91,92)(H2,93,94,95)(H2,96,97,98). The zero-order valence-corrected chi connectivity index (χ0v) is 73.4. The van der Waals surface area contributed by atoms with Crippen LogP contribution < -0.4 is 10.6 Å². The van der Waals surface area contributed by atoms with E-state index in [-0.39, 0.29) is 332 Å². The van der Waals surface area contributed by atoms with E-state index in [4.69, 9.17) is 139 Å². The minimum absolute atomic E-state index is 0.00481. The van der Waals surface area contributed by atoms with Crippen molar-refractivity contribution in [2.24, 2.45) is 5.41 Å². The van der Waals surface area contributed by atoms with E-state index in [1.54, 1.807) is 0 Å². The molecular weight excluding hydrogens is 1770 g/mol. The number of Topliss-reactive ketones (excluding diaryl/α,β-unsaturated/α-hetero) is 2. The Hall–Kier alpha value is -3.16. The van der Waals surface area contributed by atoms with Gasteiger partial charge in [0.05, 0.1) is 251 Å². The second-order valence-corrected chi connectivity index (χ2v) is 32.0.